The Balaban J connectivity index is 3.55. The quantitative estimate of drug-likeness (QED) is 0.208. The van der Waals surface area contributed by atoms with Gasteiger partial charge in [0.05, 0.1) is 6.61 Å². The molecule has 7 heteroatoms. The topological polar surface area (TPSA) is 65.0 Å². The van der Waals surface area contributed by atoms with E-state index in [1.54, 1.807) is 0 Å². The first kappa shape index (κ1) is 17.7. The van der Waals surface area contributed by atoms with Gasteiger partial charge in [-0.05, 0) is 18.2 Å². The van der Waals surface area contributed by atoms with E-state index in [-0.39, 0.29) is 0 Å². The second kappa shape index (κ2) is 10.6. The molecule has 0 rings (SSSR count). The predicted octanol–water partition coefficient (Wildman–Crippen LogP) is 3.24. The van der Waals surface area contributed by atoms with Gasteiger partial charge in [0.2, 0.25) is 0 Å². The third-order valence-corrected chi connectivity index (χ3v) is 3.40. The summed E-state index contributed by atoms with van der Waals surface area (Å²) in [6.07, 6.45) is 7.50. The van der Waals surface area contributed by atoms with Crippen LogP contribution >= 0.6 is 6.72 Å². The fourth-order valence-corrected chi connectivity index (χ4v) is 2.09. The van der Waals surface area contributed by atoms with E-state index in [9.17, 15) is 9.69 Å². The van der Waals surface area contributed by atoms with Gasteiger partial charge in [0.1, 0.15) is 0 Å². The zero-order valence-corrected chi connectivity index (χ0v) is 12.4. The summed E-state index contributed by atoms with van der Waals surface area (Å²) in [6, 6.07) is 0. The first-order valence-corrected chi connectivity index (χ1v) is 8.61. The van der Waals surface area contributed by atoms with Crippen LogP contribution in [0.3, 0.4) is 0 Å². The van der Waals surface area contributed by atoms with Crippen LogP contribution in [0.4, 0.5) is 0 Å². The van der Waals surface area contributed by atoms with Crippen molar-refractivity contribution in [3.05, 3.63) is 12.7 Å². The summed E-state index contributed by atoms with van der Waals surface area (Å²) >= 11 is 4.64. The maximum atomic E-state index is 10.7. The summed E-state index contributed by atoms with van der Waals surface area (Å²) in [7, 11) is 0. The Morgan fingerprint density at radius 2 is 1.94 bits per heavy atom. The Morgan fingerprint density at radius 1 is 1.33 bits per heavy atom. The molecule has 0 heterocycles. The summed E-state index contributed by atoms with van der Waals surface area (Å²) in [5.74, 6) is -0.818. The lowest BCUT2D eigenvalue weighted by Crippen LogP contribution is -2.02. The average Bonchev–Trinajstić information content (AvgIpc) is 2.35. The summed E-state index contributed by atoms with van der Waals surface area (Å²) in [5, 5.41) is 0. The Kier molecular flexibility index (Phi) is 10.5. The van der Waals surface area contributed by atoms with Crippen LogP contribution in [0.1, 0.15) is 45.4 Å². The highest BCUT2D eigenvalue weighted by molar-refractivity contribution is 8.07. The maximum absolute atomic E-state index is 10.7. The number of rotatable bonds is 11. The van der Waals surface area contributed by atoms with E-state index in [0.717, 1.165) is 25.3 Å². The smallest absolute Gasteiger partial charge is 0.322 e. The van der Waals surface area contributed by atoms with E-state index >= 15 is 0 Å². The SMILES string of the molecule is C=CC(=O)OOP(O)(=S)OCCCCCCCC. The molecule has 0 radical (unpaired) electrons. The first-order valence-electron chi connectivity index (χ1n) is 6.02. The van der Waals surface area contributed by atoms with Gasteiger partial charge in [-0.1, -0.05) is 50.3 Å². The zero-order valence-electron chi connectivity index (χ0n) is 10.7. The maximum Gasteiger partial charge on any atom is 0.365 e. The van der Waals surface area contributed by atoms with Crippen LogP contribution in [0.5, 0.6) is 0 Å². The Labute approximate surface area is 113 Å². The number of carbonyl (C=O) groups excluding carboxylic acids is 1. The normalized spacial score (nSPS) is 13.9. The van der Waals surface area contributed by atoms with E-state index < -0.39 is 12.7 Å². The molecular formula is C11H21O5PS. The second-order valence-corrected chi connectivity index (χ2v) is 6.48. The molecule has 1 unspecified atom stereocenters. The van der Waals surface area contributed by atoms with Crippen LogP contribution in [-0.4, -0.2) is 17.5 Å². The van der Waals surface area contributed by atoms with Gasteiger partial charge in [0.25, 0.3) is 0 Å². The molecule has 0 aromatic rings. The van der Waals surface area contributed by atoms with Gasteiger partial charge in [-0.25, -0.2) is 4.79 Å². The Hall–Kier alpha value is -0.260. The van der Waals surface area contributed by atoms with E-state index in [2.05, 4.69) is 34.9 Å². The monoisotopic (exact) mass is 296 g/mol. The van der Waals surface area contributed by atoms with Gasteiger partial charge in [-0.15, -0.1) is 0 Å². The van der Waals surface area contributed by atoms with E-state index in [4.69, 9.17) is 4.52 Å². The molecule has 0 aliphatic rings. The van der Waals surface area contributed by atoms with Crippen molar-refractivity contribution in [3.63, 3.8) is 0 Å². The lowest BCUT2D eigenvalue weighted by Gasteiger charge is -2.12. The number of carbonyl (C=O) groups is 1. The van der Waals surface area contributed by atoms with Crippen LogP contribution in [0.15, 0.2) is 12.7 Å². The van der Waals surface area contributed by atoms with Gasteiger partial charge in [-0.3, -0.25) is 4.89 Å². The van der Waals surface area contributed by atoms with Crippen LogP contribution in [-0.2, 0) is 30.7 Å². The molecule has 0 aliphatic carbocycles. The molecule has 0 saturated heterocycles. The van der Waals surface area contributed by atoms with Gasteiger partial charge < -0.3 is 9.42 Å². The molecule has 0 aromatic carbocycles. The molecule has 5 nitrogen and oxygen atoms in total. The van der Waals surface area contributed by atoms with Crippen molar-refractivity contribution in [2.45, 2.75) is 45.4 Å². The third-order valence-electron chi connectivity index (χ3n) is 2.13. The largest absolute Gasteiger partial charge is 0.365 e. The number of hydrogen-bond donors (Lipinski definition) is 1. The van der Waals surface area contributed by atoms with E-state index in [1.807, 2.05) is 0 Å². The molecule has 0 aliphatic heterocycles. The minimum absolute atomic E-state index is 0.297. The highest BCUT2D eigenvalue weighted by atomic mass is 32.5. The van der Waals surface area contributed by atoms with Crippen LogP contribution in [0.2, 0.25) is 0 Å². The van der Waals surface area contributed by atoms with E-state index in [1.165, 1.54) is 19.3 Å². The molecule has 0 bridgehead atoms. The van der Waals surface area contributed by atoms with Crippen molar-refractivity contribution in [2.24, 2.45) is 0 Å². The summed E-state index contributed by atoms with van der Waals surface area (Å²) < 4.78 is 9.34. The standard InChI is InChI=1S/C11H21O5PS/c1-3-5-6-7-8-9-10-14-17(13,18)16-15-11(12)4-2/h4H,2-3,5-10H2,1H3,(H,13,18). The van der Waals surface area contributed by atoms with Gasteiger partial charge >= 0.3 is 12.7 Å². The third kappa shape index (κ3) is 10.9. The molecule has 0 saturated carbocycles. The minimum Gasteiger partial charge on any atom is -0.322 e. The van der Waals surface area contributed by atoms with Crippen molar-refractivity contribution in [3.8, 4) is 0 Å². The highest BCUT2D eigenvalue weighted by Crippen LogP contribution is 2.44. The number of hydrogen-bond acceptors (Lipinski definition) is 5. The van der Waals surface area contributed by atoms with Crippen molar-refractivity contribution in [2.75, 3.05) is 6.61 Å². The van der Waals surface area contributed by atoms with Crippen molar-refractivity contribution < 1.29 is 23.8 Å². The second-order valence-electron chi connectivity index (χ2n) is 3.75. The molecule has 106 valence electrons. The molecule has 18 heavy (non-hydrogen) atoms. The molecule has 1 atom stereocenters. The fourth-order valence-electron chi connectivity index (χ4n) is 1.20. The van der Waals surface area contributed by atoms with Crippen LogP contribution < -0.4 is 0 Å². The van der Waals surface area contributed by atoms with Crippen LogP contribution in [0.25, 0.3) is 0 Å². The lowest BCUT2D eigenvalue weighted by molar-refractivity contribution is -0.212. The highest BCUT2D eigenvalue weighted by Gasteiger charge is 2.18. The first-order chi connectivity index (χ1) is 8.52. The average molecular weight is 296 g/mol. The lowest BCUT2D eigenvalue weighted by atomic mass is 10.1. The molecule has 0 amide bonds. The van der Waals surface area contributed by atoms with Crippen molar-refractivity contribution in [1.82, 2.24) is 0 Å². The summed E-state index contributed by atoms with van der Waals surface area (Å²) in [4.78, 5) is 24.3. The summed E-state index contributed by atoms with van der Waals surface area (Å²) in [6.45, 7) is 2.15. The van der Waals surface area contributed by atoms with Crippen molar-refractivity contribution in [1.29, 1.82) is 0 Å². The van der Waals surface area contributed by atoms with E-state index in [0.29, 0.717) is 6.61 Å². The zero-order chi connectivity index (χ0) is 13.9. The van der Waals surface area contributed by atoms with Gasteiger partial charge in [0.15, 0.2) is 0 Å². The van der Waals surface area contributed by atoms with Crippen molar-refractivity contribution >= 4 is 24.5 Å². The van der Waals surface area contributed by atoms with Gasteiger partial charge in [-0.2, -0.15) is 0 Å². The molecule has 1 N–H and O–H groups in total. The van der Waals surface area contributed by atoms with Gasteiger partial charge in [0, 0.05) is 6.08 Å². The Bertz CT molecular complexity index is 295. The summed E-state index contributed by atoms with van der Waals surface area (Å²) in [5.41, 5.74) is 0. The molecule has 0 fully saturated rings. The Morgan fingerprint density at radius 3 is 2.56 bits per heavy atom. The fraction of sp³-hybridized carbons (Fsp3) is 0.727. The molecule has 0 spiro atoms. The predicted molar refractivity (Wildman–Crippen MR) is 73.2 cm³/mol. The molecular weight excluding hydrogens is 275 g/mol. The number of unbranched alkanes of at least 4 members (excludes halogenated alkanes) is 5. The van der Waals surface area contributed by atoms with Crippen LogP contribution in [0, 0.1) is 0 Å². The minimum atomic E-state index is -3.48. The molecule has 0 aromatic heterocycles.